The highest BCUT2D eigenvalue weighted by Crippen LogP contribution is 2.38. The number of hydrogen-bond acceptors (Lipinski definition) is 19. The molecule has 23 nitrogen and oxygen atoms in total. The lowest BCUT2D eigenvalue weighted by atomic mass is 9.76. The van der Waals surface area contributed by atoms with Crippen molar-refractivity contribution in [2.75, 3.05) is 201 Å². The average molecular weight is 1630 g/mol. The maximum atomic E-state index is 13.0. The van der Waals surface area contributed by atoms with Crippen LogP contribution in [-0.2, 0) is 23.5 Å². The molecule has 0 bridgehead atoms. The minimum atomic E-state index is -4.20. The number of aromatic nitrogens is 3. The van der Waals surface area contributed by atoms with Gasteiger partial charge in [0.25, 0.3) is 0 Å². The van der Waals surface area contributed by atoms with Gasteiger partial charge in [-0.1, -0.05) is 31.0 Å². The molecule has 552 valence electrons. The van der Waals surface area contributed by atoms with Crippen LogP contribution in [0.2, 0.25) is 0 Å². The smallest absolute Gasteiger partial charge is 0.399 e. The van der Waals surface area contributed by atoms with E-state index in [9.17, 15) is 32.3 Å². The quantitative estimate of drug-likeness (QED) is 0.0220. The van der Waals surface area contributed by atoms with Crippen LogP contribution < -0.4 is 45.9 Å². The van der Waals surface area contributed by atoms with E-state index in [2.05, 4.69) is 125 Å². The second kappa shape index (κ2) is 39.3. The van der Waals surface area contributed by atoms with E-state index in [4.69, 9.17) is 38.7 Å². The van der Waals surface area contributed by atoms with Gasteiger partial charge in [-0.15, -0.1) is 0 Å². The Balaban J connectivity index is 0.000000192. The number of pyridine rings is 3. The molecule has 100 heavy (non-hydrogen) atoms. The topological polar surface area (TPSA) is 238 Å². The molecular weight excluding hydrogens is 1520 g/mol. The van der Waals surface area contributed by atoms with Gasteiger partial charge in [0, 0.05) is 130 Å². The number of alkyl halides is 3. The van der Waals surface area contributed by atoms with E-state index in [1.807, 2.05) is 92.6 Å². The molecule has 6 fully saturated rings. The molecule has 6 aliphatic heterocycles. The van der Waals surface area contributed by atoms with Crippen LogP contribution in [-0.4, -0.2) is 242 Å². The minimum Gasteiger partial charge on any atom is -0.399 e. The van der Waals surface area contributed by atoms with E-state index in [0.717, 1.165) is 142 Å². The molecule has 9 heterocycles. The molecule has 2 aromatic carbocycles. The Kier molecular flexibility index (Phi) is 32.0. The number of rotatable bonds is 17. The molecule has 6 aliphatic rings. The van der Waals surface area contributed by atoms with Gasteiger partial charge in [-0.2, -0.15) is 17.6 Å². The predicted octanol–water partition coefficient (Wildman–Crippen LogP) is 9.50. The Morgan fingerprint density at radius 1 is 0.620 bits per heavy atom. The number of benzene rings is 2. The number of nitrogens with zero attached hydrogens (tertiary/aromatic N) is 10. The molecule has 0 aliphatic carbocycles. The third-order valence-corrected chi connectivity index (χ3v) is 19.7. The zero-order valence-corrected chi connectivity index (χ0v) is 63.8. The molecule has 2 atom stereocenters. The van der Waals surface area contributed by atoms with Gasteiger partial charge >= 0.3 is 25.4 Å². The summed E-state index contributed by atoms with van der Waals surface area (Å²) in [5.41, 5.74) is 5.40. The summed E-state index contributed by atoms with van der Waals surface area (Å²) in [4.78, 5) is 52.5. The first-order valence-electron chi connectivity index (χ1n) is 34.3. The fourth-order valence-corrected chi connectivity index (χ4v) is 12.8. The van der Waals surface area contributed by atoms with Crippen molar-refractivity contribution in [3.8, 4) is 11.1 Å². The maximum absolute atomic E-state index is 13.0. The summed E-state index contributed by atoms with van der Waals surface area (Å²) >= 11 is 4.39. The fourth-order valence-electron chi connectivity index (χ4n) is 11.7. The number of halogens is 6. The Morgan fingerprint density at radius 3 is 1.52 bits per heavy atom. The standard InChI is InChI=1S/C26H37N5O3.C20H28BF3N2O3.C12H18IN3O2.C9H10FIN2O.C3H9NO/c1-4-20-7-8-31(18-20)26(33)27-22-6-5-19(2)23(17-22)21-15-24(29(3)9-12-32)28-25(16-21)30-10-13-34-14-11-30;1-13-6-7-15(10-16(13)21-28-18(2,3)19(4,5)29-21)25-17(27)26-9-8-14(12-26)11-20(22,23)24;1-15(2-5-17)11-8-10(13)9-12(14-11)16-3-6-18-7-4-16;10-8-5-7(11)6-9(12-8)13-1-3-14-4-2-13;1-4-2-3-5/h5-6,15-17,20,32H,4,7-14,18H2,1-3H3,(H,27,33);6-7,10,14H,8-9,11-12H2,1-5H3,(H,25,27);8-9,17H,2-7H2,1H3;5-6H,1-4H2;4-5H,2-3H2,1H3/t20-;14-;;;/m10.../s1. The van der Waals surface area contributed by atoms with Crippen LogP contribution in [0.5, 0.6) is 0 Å². The molecule has 4 amide bonds. The van der Waals surface area contributed by atoms with Crippen molar-refractivity contribution in [1.82, 2.24) is 30.1 Å². The highest BCUT2D eigenvalue weighted by Gasteiger charge is 2.52. The monoisotopic (exact) mass is 1630 g/mol. The number of morpholine rings is 3. The predicted molar refractivity (Wildman–Crippen MR) is 404 cm³/mol. The number of likely N-dealkylation sites (N-methyl/N-ethyl adjacent to an activating group) is 3. The average Bonchev–Trinajstić information content (AvgIpc) is 1.59. The van der Waals surface area contributed by atoms with Crippen LogP contribution in [0.15, 0.2) is 72.8 Å². The van der Waals surface area contributed by atoms with Gasteiger partial charge in [-0.05, 0) is 195 Å². The van der Waals surface area contributed by atoms with Crippen molar-refractivity contribution < 1.29 is 66.0 Å². The first kappa shape index (κ1) is 81.6. The van der Waals surface area contributed by atoms with Crippen LogP contribution >= 0.6 is 45.2 Å². The lowest BCUT2D eigenvalue weighted by molar-refractivity contribution is -0.143. The molecule has 3 aromatic heterocycles. The Labute approximate surface area is 614 Å². The van der Waals surface area contributed by atoms with Crippen molar-refractivity contribution in [3.63, 3.8) is 0 Å². The SMILES string of the molecule is CC[C@@H]1CCN(C(=O)Nc2ccc(C)c(-c3cc(N(C)CCO)nc(N4CCOCC4)c3)c2)C1.CN(CCO)c1cc(I)cc(N2CCOCC2)n1.CNCCO.Cc1ccc(NC(=O)N2CC[C@@H](CC(F)(F)F)C2)cc1B1OC(C)(C)C(C)(C)O1.Fc1cc(I)cc(N2CCOCC2)n1. The molecule has 6 N–H and O–H groups in total. The van der Waals surface area contributed by atoms with Crippen LogP contribution in [0.1, 0.15) is 71.4 Å². The number of aryl methyl sites for hydroxylation is 2. The summed E-state index contributed by atoms with van der Waals surface area (Å²) in [7, 11) is 5.13. The Bertz CT molecular complexity index is 3360. The number of hydrogen-bond donors (Lipinski definition) is 6. The first-order chi connectivity index (χ1) is 47.6. The van der Waals surface area contributed by atoms with Gasteiger partial charge < -0.3 is 89.1 Å². The van der Waals surface area contributed by atoms with E-state index in [-0.39, 0.29) is 32.4 Å². The van der Waals surface area contributed by atoms with E-state index >= 15 is 0 Å². The number of amides is 4. The molecule has 0 unspecified atom stereocenters. The van der Waals surface area contributed by atoms with Gasteiger partial charge in [-0.25, -0.2) is 24.5 Å². The van der Waals surface area contributed by atoms with E-state index < -0.39 is 48.8 Å². The summed E-state index contributed by atoms with van der Waals surface area (Å²) in [6.45, 7) is 27.6. The molecule has 11 rings (SSSR count). The lowest BCUT2D eigenvalue weighted by Crippen LogP contribution is -2.41. The minimum absolute atomic E-state index is 0.0298. The summed E-state index contributed by atoms with van der Waals surface area (Å²) in [6, 6.07) is 22.7. The summed E-state index contributed by atoms with van der Waals surface area (Å²) < 4.78 is 81.1. The second-order valence-electron chi connectivity index (χ2n) is 26.4. The number of aliphatic hydroxyl groups is 3. The highest BCUT2D eigenvalue weighted by molar-refractivity contribution is 14.1. The summed E-state index contributed by atoms with van der Waals surface area (Å²) in [5.74, 6) is 3.95. The molecule has 30 heteroatoms. The normalized spacial score (nSPS) is 18.7. The van der Waals surface area contributed by atoms with Crippen LogP contribution in [0.25, 0.3) is 11.1 Å². The zero-order valence-electron chi connectivity index (χ0n) is 59.5. The van der Waals surface area contributed by atoms with Crippen LogP contribution in [0.4, 0.5) is 67.6 Å². The van der Waals surface area contributed by atoms with Gasteiger partial charge in [0.15, 0.2) is 0 Å². The van der Waals surface area contributed by atoms with Crippen molar-refractivity contribution in [3.05, 3.63) is 97.0 Å². The van der Waals surface area contributed by atoms with Gasteiger partial charge in [0.1, 0.15) is 29.1 Å². The largest absolute Gasteiger partial charge is 0.495 e. The van der Waals surface area contributed by atoms with Crippen molar-refractivity contribution in [1.29, 1.82) is 0 Å². The number of carbonyl (C=O) groups is 2. The van der Waals surface area contributed by atoms with Crippen molar-refractivity contribution in [2.45, 2.75) is 91.5 Å². The molecule has 0 radical (unpaired) electrons. The van der Waals surface area contributed by atoms with E-state index in [0.29, 0.717) is 76.5 Å². The molecule has 6 saturated heterocycles. The molecule has 5 aromatic rings. The lowest BCUT2D eigenvalue weighted by Gasteiger charge is -2.32. The van der Waals surface area contributed by atoms with Gasteiger partial charge in [0.05, 0.1) is 70.7 Å². The van der Waals surface area contributed by atoms with Crippen LogP contribution in [0, 0.1) is 38.8 Å². The number of nitrogens with one attached hydrogen (secondary N) is 3. The molecule has 0 saturated carbocycles. The first-order valence-corrected chi connectivity index (χ1v) is 36.4. The number of carbonyl (C=O) groups excluding carboxylic acids is 2. The highest BCUT2D eigenvalue weighted by atomic mass is 127. The van der Waals surface area contributed by atoms with Gasteiger partial charge in [0.2, 0.25) is 5.95 Å². The third-order valence-electron chi connectivity index (χ3n) is 18.4. The summed E-state index contributed by atoms with van der Waals surface area (Å²) in [5, 5.41) is 35.1. The number of anilines is 7. The second-order valence-corrected chi connectivity index (χ2v) is 28.9. The number of likely N-dealkylation sites (tertiary alicyclic amines) is 2. The Hall–Kier alpha value is -5.69. The fraction of sp³-hybridized carbons (Fsp3) is 0.586. The molecular formula is C70H102BF4I2N13O10. The molecule has 0 spiro atoms. The number of urea groups is 2. The van der Waals surface area contributed by atoms with E-state index in [1.54, 1.807) is 19.2 Å². The maximum Gasteiger partial charge on any atom is 0.495 e. The van der Waals surface area contributed by atoms with Crippen molar-refractivity contribution in [2.24, 2.45) is 11.8 Å². The summed E-state index contributed by atoms with van der Waals surface area (Å²) in [6.07, 6.45) is -2.51. The van der Waals surface area contributed by atoms with Gasteiger partial charge in [-0.3, -0.25) is 0 Å². The number of ether oxygens (including phenoxy) is 3. The van der Waals surface area contributed by atoms with E-state index in [1.165, 1.54) is 11.0 Å². The third kappa shape index (κ3) is 24.8. The van der Waals surface area contributed by atoms with Crippen molar-refractivity contribution >= 4 is 110 Å². The zero-order chi connectivity index (χ0) is 72.7. The van der Waals surface area contributed by atoms with Crippen LogP contribution in [0.3, 0.4) is 0 Å². The number of aliphatic hydroxyl groups excluding tert-OH is 3. The Morgan fingerprint density at radius 2 is 1.07 bits per heavy atom.